The van der Waals surface area contributed by atoms with Gasteiger partial charge < -0.3 is 0 Å². The first-order valence-corrected chi connectivity index (χ1v) is 4.06. The average Bonchev–Trinajstić information content (AvgIpc) is 2.67. The van der Waals surface area contributed by atoms with Gasteiger partial charge in [-0.1, -0.05) is 12.1 Å². The van der Waals surface area contributed by atoms with E-state index in [9.17, 15) is 4.79 Å². The largest absolute Gasteiger partial charge is 0.296 e. The fourth-order valence-corrected chi connectivity index (χ4v) is 1.59. The minimum atomic E-state index is -0.0174. The molecular weight excluding hydrogens is 164 g/mol. The molecule has 0 bridgehead atoms. The highest BCUT2D eigenvalue weighted by Gasteiger charge is 2.18. The molecule has 1 aromatic heterocycles. The van der Waals surface area contributed by atoms with Gasteiger partial charge in [-0.2, -0.15) is 0 Å². The van der Waals surface area contributed by atoms with Crippen molar-refractivity contribution in [2.24, 2.45) is 0 Å². The molecule has 0 saturated heterocycles. The standard InChI is InChI=1S/C10H6N2O/c13-9-5-6-12-8-4-2-1-3-7(8)11-10(9)12/h1-6H. The first-order valence-electron chi connectivity index (χ1n) is 4.06. The van der Waals surface area contributed by atoms with E-state index in [2.05, 4.69) is 4.98 Å². The summed E-state index contributed by atoms with van der Waals surface area (Å²) in [6.45, 7) is 0. The highest BCUT2D eigenvalue weighted by Crippen LogP contribution is 2.20. The maximum absolute atomic E-state index is 11.3. The average molecular weight is 170 g/mol. The summed E-state index contributed by atoms with van der Waals surface area (Å²) in [6, 6.07) is 7.71. The summed E-state index contributed by atoms with van der Waals surface area (Å²) < 4.78 is 1.82. The maximum atomic E-state index is 11.3. The van der Waals surface area contributed by atoms with E-state index in [1.165, 1.54) is 6.08 Å². The van der Waals surface area contributed by atoms with Crippen LogP contribution in [0.3, 0.4) is 0 Å². The molecule has 62 valence electrons. The molecule has 13 heavy (non-hydrogen) atoms. The Hall–Kier alpha value is -1.90. The maximum Gasteiger partial charge on any atom is 0.223 e. The van der Waals surface area contributed by atoms with Gasteiger partial charge in [0, 0.05) is 12.3 Å². The number of carbonyl (C=O) groups excluding carboxylic acids is 1. The van der Waals surface area contributed by atoms with Crippen molar-refractivity contribution in [3.63, 3.8) is 0 Å². The Labute approximate surface area is 74.3 Å². The molecule has 2 heterocycles. The van der Waals surface area contributed by atoms with Crippen LogP contribution < -0.4 is 0 Å². The SMILES string of the molecule is O=C1C=Cn2c1nc1ccccc12. The van der Waals surface area contributed by atoms with E-state index in [1.807, 2.05) is 28.8 Å². The first-order chi connectivity index (χ1) is 6.36. The number of benzene rings is 1. The number of nitrogens with zero attached hydrogens (tertiary/aromatic N) is 2. The quantitative estimate of drug-likeness (QED) is 0.603. The van der Waals surface area contributed by atoms with Crippen LogP contribution in [0.4, 0.5) is 0 Å². The number of rotatable bonds is 0. The molecule has 0 fully saturated rings. The number of allylic oxidation sites excluding steroid dienone is 1. The molecule has 0 spiro atoms. The molecule has 1 aliphatic heterocycles. The van der Waals surface area contributed by atoms with Gasteiger partial charge in [-0.3, -0.25) is 9.36 Å². The molecule has 2 aromatic rings. The Kier molecular flexibility index (Phi) is 1.05. The predicted molar refractivity (Wildman–Crippen MR) is 49.4 cm³/mol. The van der Waals surface area contributed by atoms with Gasteiger partial charge in [0.25, 0.3) is 0 Å². The van der Waals surface area contributed by atoms with Crippen molar-refractivity contribution in [1.29, 1.82) is 0 Å². The van der Waals surface area contributed by atoms with Crippen LogP contribution >= 0.6 is 0 Å². The number of imidazole rings is 1. The van der Waals surface area contributed by atoms with Gasteiger partial charge in [-0.25, -0.2) is 4.98 Å². The summed E-state index contributed by atoms with van der Waals surface area (Å²) >= 11 is 0. The van der Waals surface area contributed by atoms with Gasteiger partial charge in [0.1, 0.15) is 0 Å². The molecule has 3 rings (SSSR count). The van der Waals surface area contributed by atoms with E-state index in [-0.39, 0.29) is 5.78 Å². The first kappa shape index (κ1) is 6.60. The fraction of sp³-hybridized carbons (Fsp3) is 0. The summed E-state index contributed by atoms with van der Waals surface area (Å²) in [5.41, 5.74) is 1.86. The second-order valence-corrected chi connectivity index (χ2v) is 2.97. The minimum Gasteiger partial charge on any atom is -0.296 e. The number of fused-ring (bicyclic) bond motifs is 3. The van der Waals surface area contributed by atoms with E-state index < -0.39 is 0 Å². The molecule has 3 heteroatoms. The molecule has 3 nitrogen and oxygen atoms in total. The Morgan fingerprint density at radius 1 is 1.23 bits per heavy atom. The number of aromatic nitrogens is 2. The monoisotopic (exact) mass is 170 g/mol. The Balaban J connectivity index is 2.51. The topological polar surface area (TPSA) is 34.9 Å². The van der Waals surface area contributed by atoms with E-state index >= 15 is 0 Å². The summed E-state index contributed by atoms with van der Waals surface area (Å²) in [5, 5.41) is 0. The second kappa shape index (κ2) is 2.07. The van der Waals surface area contributed by atoms with Gasteiger partial charge in [-0.05, 0) is 12.1 Å². The number of para-hydroxylation sites is 2. The molecule has 0 atom stereocenters. The zero-order chi connectivity index (χ0) is 8.84. The molecule has 1 aliphatic rings. The van der Waals surface area contributed by atoms with Crippen LogP contribution in [0.1, 0.15) is 10.6 Å². The Bertz CT molecular complexity index is 537. The number of hydrogen-bond donors (Lipinski definition) is 0. The highest BCUT2D eigenvalue weighted by atomic mass is 16.1. The van der Waals surface area contributed by atoms with Crippen molar-refractivity contribution in [2.45, 2.75) is 0 Å². The summed E-state index contributed by atoms with van der Waals surface area (Å²) in [7, 11) is 0. The third-order valence-corrected chi connectivity index (χ3v) is 2.19. The van der Waals surface area contributed by atoms with E-state index in [0.29, 0.717) is 5.82 Å². The Morgan fingerprint density at radius 3 is 3.00 bits per heavy atom. The number of ketones is 1. The van der Waals surface area contributed by atoms with Gasteiger partial charge in [-0.15, -0.1) is 0 Å². The van der Waals surface area contributed by atoms with E-state index in [4.69, 9.17) is 0 Å². The van der Waals surface area contributed by atoms with Crippen molar-refractivity contribution in [2.75, 3.05) is 0 Å². The molecule has 0 N–H and O–H groups in total. The third-order valence-electron chi connectivity index (χ3n) is 2.19. The van der Waals surface area contributed by atoms with Crippen molar-refractivity contribution < 1.29 is 4.79 Å². The summed E-state index contributed by atoms with van der Waals surface area (Å²) in [4.78, 5) is 15.5. The summed E-state index contributed by atoms with van der Waals surface area (Å²) in [6.07, 6.45) is 3.29. The lowest BCUT2D eigenvalue weighted by Gasteiger charge is -1.91. The van der Waals surface area contributed by atoms with E-state index in [0.717, 1.165) is 11.0 Å². The molecule has 1 aromatic carbocycles. The molecule has 0 radical (unpaired) electrons. The molecule has 0 saturated carbocycles. The fourth-order valence-electron chi connectivity index (χ4n) is 1.59. The van der Waals surface area contributed by atoms with Gasteiger partial charge >= 0.3 is 0 Å². The van der Waals surface area contributed by atoms with Crippen LogP contribution in [0.5, 0.6) is 0 Å². The van der Waals surface area contributed by atoms with Gasteiger partial charge in [0.2, 0.25) is 5.78 Å². The van der Waals surface area contributed by atoms with Crippen molar-refractivity contribution >= 4 is 23.0 Å². The number of hydrogen-bond acceptors (Lipinski definition) is 2. The zero-order valence-electron chi connectivity index (χ0n) is 6.77. The third kappa shape index (κ3) is 0.731. The van der Waals surface area contributed by atoms with Crippen molar-refractivity contribution in [3.05, 3.63) is 36.2 Å². The molecule has 0 unspecified atom stereocenters. The predicted octanol–water partition coefficient (Wildman–Crippen LogP) is 1.70. The molecule has 0 aliphatic carbocycles. The lowest BCUT2D eigenvalue weighted by Crippen LogP contribution is -1.95. The molecule has 0 amide bonds. The van der Waals surface area contributed by atoms with Crippen LogP contribution in [0.2, 0.25) is 0 Å². The number of carbonyl (C=O) groups is 1. The van der Waals surface area contributed by atoms with Crippen LogP contribution in [-0.2, 0) is 0 Å². The zero-order valence-corrected chi connectivity index (χ0v) is 6.77. The van der Waals surface area contributed by atoms with Crippen LogP contribution in [-0.4, -0.2) is 15.3 Å². The van der Waals surface area contributed by atoms with Crippen molar-refractivity contribution in [1.82, 2.24) is 9.55 Å². The summed E-state index contributed by atoms with van der Waals surface area (Å²) in [5.74, 6) is 0.498. The lowest BCUT2D eigenvalue weighted by molar-refractivity contribution is 0.104. The Morgan fingerprint density at radius 2 is 2.08 bits per heavy atom. The van der Waals surface area contributed by atoms with Crippen molar-refractivity contribution in [3.8, 4) is 0 Å². The van der Waals surface area contributed by atoms with Gasteiger partial charge in [0.05, 0.1) is 11.0 Å². The molecular formula is C10H6N2O. The van der Waals surface area contributed by atoms with Crippen LogP contribution in [0, 0.1) is 0 Å². The van der Waals surface area contributed by atoms with Crippen LogP contribution in [0.15, 0.2) is 30.3 Å². The highest BCUT2D eigenvalue weighted by molar-refractivity contribution is 6.09. The smallest absolute Gasteiger partial charge is 0.223 e. The lowest BCUT2D eigenvalue weighted by atomic mass is 10.3. The minimum absolute atomic E-state index is 0.0174. The van der Waals surface area contributed by atoms with Crippen LogP contribution in [0.25, 0.3) is 17.2 Å². The second-order valence-electron chi connectivity index (χ2n) is 2.97. The normalized spacial score (nSPS) is 14.0. The van der Waals surface area contributed by atoms with E-state index in [1.54, 1.807) is 6.20 Å². The van der Waals surface area contributed by atoms with Gasteiger partial charge in [0.15, 0.2) is 5.82 Å².